The van der Waals surface area contributed by atoms with Gasteiger partial charge in [0.1, 0.15) is 5.58 Å². The molecule has 0 bridgehead atoms. The standard InChI is InChI=1S/C22H30N4O3/c1-4-25(5-2)16-6-7-17-15(3)18(20(27)29-19(17)12-16)8-11-26-14-22(24-21(26)28)9-10-23-13-22/h6-7,12,23H,4-5,8-11,13-14H2,1-3H3,(H,24,28). The van der Waals surface area contributed by atoms with Crippen LogP contribution in [0.5, 0.6) is 0 Å². The van der Waals surface area contributed by atoms with Crippen molar-refractivity contribution < 1.29 is 9.21 Å². The molecule has 156 valence electrons. The first-order valence-corrected chi connectivity index (χ1v) is 10.6. The van der Waals surface area contributed by atoms with E-state index in [1.54, 1.807) is 0 Å². The fourth-order valence-electron chi connectivity index (χ4n) is 4.65. The Hall–Kier alpha value is -2.54. The Morgan fingerprint density at radius 2 is 2.03 bits per heavy atom. The number of urea groups is 1. The van der Waals surface area contributed by atoms with Crippen LogP contribution in [0.3, 0.4) is 0 Å². The quantitative estimate of drug-likeness (QED) is 0.730. The third-order valence-electron chi connectivity index (χ3n) is 6.43. The number of carbonyl (C=O) groups is 1. The van der Waals surface area contributed by atoms with Gasteiger partial charge in [0.2, 0.25) is 0 Å². The van der Waals surface area contributed by atoms with Crippen LogP contribution in [0, 0.1) is 6.92 Å². The van der Waals surface area contributed by atoms with Gasteiger partial charge in [-0.2, -0.15) is 0 Å². The highest BCUT2D eigenvalue weighted by atomic mass is 16.4. The Labute approximate surface area is 171 Å². The molecule has 29 heavy (non-hydrogen) atoms. The van der Waals surface area contributed by atoms with Crippen LogP contribution in [-0.2, 0) is 6.42 Å². The molecule has 0 radical (unpaired) electrons. The maximum atomic E-state index is 12.7. The molecule has 1 atom stereocenters. The van der Waals surface area contributed by atoms with Crippen LogP contribution in [0.25, 0.3) is 11.0 Å². The largest absolute Gasteiger partial charge is 0.422 e. The van der Waals surface area contributed by atoms with Crippen LogP contribution in [0.1, 0.15) is 31.4 Å². The summed E-state index contributed by atoms with van der Waals surface area (Å²) >= 11 is 0. The number of benzene rings is 1. The number of nitrogens with one attached hydrogen (secondary N) is 2. The normalized spacial score (nSPS) is 21.3. The minimum Gasteiger partial charge on any atom is -0.422 e. The van der Waals surface area contributed by atoms with Crippen LogP contribution >= 0.6 is 0 Å². The molecule has 0 saturated carbocycles. The number of hydrogen-bond donors (Lipinski definition) is 2. The van der Waals surface area contributed by atoms with Crippen molar-refractivity contribution in [3.05, 3.63) is 39.7 Å². The number of aryl methyl sites for hydroxylation is 1. The van der Waals surface area contributed by atoms with Crippen molar-refractivity contribution in [3.63, 3.8) is 0 Å². The SMILES string of the molecule is CCN(CC)c1ccc2c(C)c(CCN3CC4(CCNC4)NC3=O)c(=O)oc2c1. The second kappa shape index (κ2) is 7.71. The maximum Gasteiger partial charge on any atom is 0.339 e. The number of anilines is 1. The van der Waals surface area contributed by atoms with E-state index in [2.05, 4.69) is 35.4 Å². The molecule has 3 heterocycles. The second-order valence-corrected chi connectivity index (χ2v) is 8.15. The summed E-state index contributed by atoms with van der Waals surface area (Å²) in [5.41, 5.74) is 2.83. The van der Waals surface area contributed by atoms with E-state index in [-0.39, 0.29) is 17.2 Å². The van der Waals surface area contributed by atoms with Crippen LogP contribution in [0.15, 0.2) is 27.4 Å². The predicted molar refractivity (Wildman–Crippen MR) is 115 cm³/mol. The van der Waals surface area contributed by atoms with Crippen molar-refractivity contribution in [2.45, 2.75) is 39.2 Å². The smallest absolute Gasteiger partial charge is 0.339 e. The molecule has 2 aromatic rings. The summed E-state index contributed by atoms with van der Waals surface area (Å²) in [5.74, 6) is 0. The molecule has 1 aromatic heterocycles. The van der Waals surface area contributed by atoms with Crippen LogP contribution in [0.4, 0.5) is 10.5 Å². The molecule has 2 N–H and O–H groups in total. The molecule has 1 unspecified atom stereocenters. The fraction of sp³-hybridized carbons (Fsp3) is 0.545. The third kappa shape index (κ3) is 3.59. The summed E-state index contributed by atoms with van der Waals surface area (Å²) in [4.78, 5) is 29.1. The van der Waals surface area contributed by atoms with E-state index in [4.69, 9.17) is 4.42 Å². The van der Waals surface area contributed by atoms with Gasteiger partial charge in [-0.05, 0) is 57.9 Å². The molecule has 2 amide bonds. The van der Waals surface area contributed by atoms with E-state index in [9.17, 15) is 9.59 Å². The molecule has 0 aliphatic carbocycles. The zero-order valence-electron chi connectivity index (χ0n) is 17.5. The van der Waals surface area contributed by atoms with Crippen molar-refractivity contribution in [3.8, 4) is 0 Å². The average molecular weight is 399 g/mol. The lowest BCUT2D eigenvalue weighted by molar-refractivity contribution is 0.217. The van der Waals surface area contributed by atoms with E-state index in [1.807, 2.05) is 24.0 Å². The Morgan fingerprint density at radius 3 is 2.72 bits per heavy atom. The fourth-order valence-corrected chi connectivity index (χ4v) is 4.65. The molecule has 2 saturated heterocycles. The monoisotopic (exact) mass is 398 g/mol. The molecule has 4 rings (SSSR count). The first-order chi connectivity index (χ1) is 14.0. The van der Waals surface area contributed by atoms with Crippen molar-refractivity contribution in [2.75, 3.05) is 44.2 Å². The lowest BCUT2D eigenvalue weighted by Gasteiger charge is -2.22. The van der Waals surface area contributed by atoms with Gasteiger partial charge in [0.15, 0.2) is 0 Å². The van der Waals surface area contributed by atoms with Gasteiger partial charge in [-0.3, -0.25) is 0 Å². The molecule has 1 spiro atoms. The van der Waals surface area contributed by atoms with Gasteiger partial charge < -0.3 is 24.9 Å². The lowest BCUT2D eigenvalue weighted by Crippen LogP contribution is -2.45. The molecule has 2 aliphatic heterocycles. The summed E-state index contributed by atoms with van der Waals surface area (Å²) in [7, 11) is 0. The van der Waals surface area contributed by atoms with Gasteiger partial charge in [-0.1, -0.05) is 0 Å². The van der Waals surface area contributed by atoms with Crippen molar-refractivity contribution in [1.29, 1.82) is 0 Å². The maximum absolute atomic E-state index is 12.7. The Balaban J connectivity index is 1.56. The molecular weight excluding hydrogens is 368 g/mol. The van der Waals surface area contributed by atoms with Gasteiger partial charge >= 0.3 is 11.7 Å². The van der Waals surface area contributed by atoms with Crippen LogP contribution in [-0.4, -0.2) is 55.7 Å². The van der Waals surface area contributed by atoms with Crippen molar-refractivity contribution in [2.24, 2.45) is 0 Å². The highest BCUT2D eigenvalue weighted by molar-refractivity contribution is 5.84. The Bertz CT molecular complexity index is 974. The minimum atomic E-state index is -0.302. The Kier molecular flexibility index (Phi) is 5.25. The molecule has 2 aliphatic rings. The van der Waals surface area contributed by atoms with Gasteiger partial charge in [-0.25, -0.2) is 9.59 Å². The number of carbonyl (C=O) groups excluding carboxylic acids is 1. The molecule has 7 nitrogen and oxygen atoms in total. The first-order valence-electron chi connectivity index (χ1n) is 10.6. The zero-order chi connectivity index (χ0) is 20.6. The lowest BCUT2D eigenvalue weighted by atomic mass is 10.00. The van der Waals surface area contributed by atoms with E-state index >= 15 is 0 Å². The van der Waals surface area contributed by atoms with Gasteiger partial charge in [0.05, 0.1) is 5.54 Å². The van der Waals surface area contributed by atoms with Gasteiger partial charge in [-0.15, -0.1) is 0 Å². The number of amides is 2. The summed E-state index contributed by atoms with van der Waals surface area (Å²) in [6.45, 7) is 10.9. The van der Waals surface area contributed by atoms with Crippen LogP contribution < -0.4 is 21.2 Å². The molecular formula is C22H30N4O3. The second-order valence-electron chi connectivity index (χ2n) is 8.15. The average Bonchev–Trinajstić information content (AvgIpc) is 3.28. The van der Waals surface area contributed by atoms with Gasteiger partial charge in [0, 0.05) is 55.4 Å². The Morgan fingerprint density at radius 1 is 1.24 bits per heavy atom. The first kappa shape index (κ1) is 19.8. The van der Waals surface area contributed by atoms with Crippen molar-refractivity contribution in [1.82, 2.24) is 15.5 Å². The molecule has 2 fully saturated rings. The number of rotatable bonds is 6. The van der Waals surface area contributed by atoms with E-state index in [0.29, 0.717) is 30.7 Å². The summed E-state index contributed by atoms with van der Waals surface area (Å²) in [5, 5.41) is 7.40. The number of fused-ring (bicyclic) bond motifs is 1. The summed E-state index contributed by atoms with van der Waals surface area (Å²) in [6, 6.07) is 6.02. The van der Waals surface area contributed by atoms with E-state index in [0.717, 1.165) is 49.2 Å². The number of nitrogens with zero attached hydrogens (tertiary/aromatic N) is 2. The topological polar surface area (TPSA) is 77.8 Å². The van der Waals surface area contributed by atoms with Crippen molar-refractivity contribution >= 4 is 22.7 Å². The van der Waals surface area contributed by atoms with E-state index in [1.165, 1.54) is 0 Å². The third-order valence-corrected chi connectivity index (χ3v) is 6.43. The summed E-state index contributed by atoms with van der Waals surface area (Å²) < 4.78 is 5.68. The van der Waals surface area contributed by atoms with E-state index < -0.39 is 0 Å². The number of hydrogen-bond acceptors (Lipinski definition) is 5. The van der Waals surface area contributed by atoms with Crippen LogP contribution in [0.2, 0.25) is 0 Å². The predicted octanol–water partition coefficient (Wildman–Crippen LogP) is 2.25. The highest BCUT2D eigenvalue weighted by Gasteiger charge is 2.44. The van der Waals surface area contributed by atoms with Gasteiger partial charge in [0.25, 0.3) is 0 Å². The molecule has 1 aromatic carbocycles. The minimum absolute atomic E-state index is 0.0413. The molecule has 7 heteroatoms. The highest BCUT2D eigenvalue weighted by Crippen LogP contribution is 2.26. The summed E-state index contributed by atoms with van der Waals surface area (Å²) in [6.07, 6.45) is 1.44. The zero-order valence-corrected chi connectivity index (χ0v) is 17.5.